The number of rotatable bonds is 3. The number of aryl methyl sites for hydroxylation is 1. The standard InChI is InChI=1S/C19H24N6/c1-11(2)10-24-12(3)9-14(13(24)4)17-22-18(20)23-19-21-15-7-5-6-8-16(15)25(17)19/h5-9,11,17H,10H2,1-4H3,(H3,20,21,22,23)/t17-/m1/s1. The number of nitrogens with one attached hydrogen (secondary N) is 1. The van der Waals surface area contributed by atoms with Crippen LogP contribution in [0.15, 0.2) is 35.3 Å². The fraction of sp³-hybridized carbons (Fsp3) is 0.368. The van der Waals surface area contributed by atoms with Gasteiger partial charge in [0.2, 0.25) is 5.95 Å². The van der Waals surface area contributed by atoms with Crippen LogP contribution in [0.25, 0.3) is 11.0 Å². The summed E-state index contributed by atoms with van der Waals surface area (Å²) in [6, 6.07) is 10.3. The molecule has 0 aliphatic carbocycles. The maximum Gasteiger partial charge on any atom is 0.212 e. The summed E-state index contributed by atoms with van der Waals surface area (Å²) in [6.07, 6.45) is -0.198. The van der Waals surface area contributed by atoms with Crippen molar-refractivity contribution in [2.45, 2.75) is 40.4 Å². The van der Waals surface area contributed by atoms with Crippen molar-refractivity contribution in [3.05, 3.63) is 47.3 Å². The molecule has 4 rings (SSSR count). The summed E-state index contributed by atoms with van der Waals surface area (Å²) in [4.78, 5) is 9.37. The minimum absolute atomic E-state index is 0.198. The number of imidazole rings is 1. The van der Waals surface area contributed by atoms with Crippen molar-refractivity contribution in [1.29, 1.82) is 0 Å². The van der Waals surface area contributed by atoms with Crippen LogP contribution in [0.3, 0.4) is 0 Å². The Morgan fingerprint density at radius 3 is 2.76 bits per heavy atom. The van der Waals surface area contributed by atoms with Crippen LogP contribution in [0.2, 0.25) is 0 Å². The Morgan fingerprint density at radius 2 is 2.00 bits per heavy atom. The third-order valence-corrected chi connectivity index (χ3v) is 4.78. The van der Waals surface area contributed by atoms with E-state index < -0.39 is 0 Å². The van der Waals surface area contributed by atoms with Crippen LogP contribution < -0.4 is 11.1 Å². The summed E-state index contributed by atoms with van der Waals surface area (Å²) >= 11 is 0. The van der Waals surface area contributed by atoms with E-state index in [1.807, 2.05) is 18.2 Å². The molecule has 6 heteroatoms. The first kappa shape index (κ1) is 15.7. The van der Waals surface area contributed by atoms with Crippen LogP contribution in [-0.2, 0) is 6.54 Å². The lowest BCUT2D eigenvalue weighted by atomic mass is 10.1. The molecule has 1 aliphatic rings. The topological polar surface area (TPSA) is 73.2 Å². The van der Waals surface area contributed by atoms with Crippen molar-refractivity contribution in [2.75, 3.05) is 5.32 Å². The van der Waals surface area contributed by atoms with Gasteiger partial charge in [0.1, 0.15) is 0 Å². The lowest BCUT2D eigenvalue weighted by Gasteiger charge is -2.24. The second kappa shape index (κ2) is 5.65. The van der Waals surface area contributed by atoms with Gasteiger partial charge in [0, 0.05) is 23.5 Å². The lowest BCUT2D eigenvalue weighted by Crippen LogP contribution is -2.31. The molecule has 0 amide bonds. The van der Waals surface area contributed by atoms with Gasteiger partial charge in [-0.25, -0.2) is 9.98 Å². The maximum atomic E-state index is 6.05. The molecule has 0 radical (unpaired) electrons. The van der Waals surface area contributed by atoms with Crippen LogP contribution in [0.4, 0.5) is 5.95 Å². The predicted molar refractivity (Wildman–Crippen MR) is 102 cm³/mol. The van der Waals surface area contributed by atoms with E-state index in [1.165, 1.54) is 17.0 Å². The molecule has 1 atom stereocenters. The summed E-state index contributed by atoms with van der Waals surface area (Å²) in [6.45, 7) is 9.79. The summed E-state index contributed by atoms with van der Waals surface area (Å²) in [7, 11) is 0. The number of guanidine groups is 1. The Morgan fingerprint density at radius 1 is 1.24 bits per heavy atom. The SMILES string of the molecule is Cc1cc([C@@H]2N=C(N)Nc3nc4ccccc4n32)c(C)n1CC(C)C. The minimum atomic E-state index is -0.198. The van der Waals surface area contributed by atoms with Gasteiger partial charge in [-0.3, -0.25) is 9.88 Å². The molecule has 3 heterocycles. The molecular weight excluding hydrogens is 312 g/mol. The van der Waals surface area contributed by atoms with Gasteiger partial charge in [0.05, 0.1) is 11.0 Å². The van der Waals surface area contributed by atoms with Crippen LogP contribution >= 0.6 is 0 Å². The smallest absolute Gasteiger partial charge is 0.212 e. The molecule has 0 bridgehead atoms. The third kappa shape index (κ3) is 2.49. The predicted octanol–water partition coefficient (Wildman–Crippen LogP) is 3.40. The van der Waals surface area contributed by atoms with Gasteiger partial charge in [0.25, 0.3) is 0 Å². The molecule has 3 aromatic rings. The highest BCUT2D eigenvalue weighted by atomic mass is 15.4. The highest BCUT2D eigenvalue weighted by molar-refractivity contribution is 5.94. The molecule has 1 aromatic carbocycles. The number of anilines is 1. The highest BCUT2D eigenvalue weighted by Gasteiger charge is 2.28. The number of hydrogen-bond donors (Lipinski definition) is 2. The molecular formula is C19H24N6. The largest absolute Gasteiger partial charge is 0.370 e. The summed E-state index contributed by atoms with van der Waals surface area (Å²) in [5.74, 6) is 1.73. The molecule has 0 saturated carbocycles. The molecule has 0 saturated heterocycles. The molecule has 25 heavy (non-hydrogen) atoms. The zero-order valence-corrected chi connectivity index (χ0v) is 15.1. The van der Waals surface area contributed by atoms with E-state index in [-0.39, 0.29) is 6.17 Å². The fourth-order valence-electron chi connectivity index (χ4n) is 3.66. The Bertz CT molecular complexity index is 975. The van der Waals surface area contributed by atoms with Gasteiger partial charge in [-0.1, -0.05) is 26.0 Å². The van der Waals surface area contributed by atoms with Gasteiger partial charge in [0.15, 0.2) is 12.1 Å². The van der Waals surface area contributed by atoms with Crippen LogP contribution in [0, 0.1) is 19.8 Å². The van der Waals surface area contributed by atoms with E-state index in [4.69, 9.17) is 10.7 Å². The van der Waals surface area contributed by atoms with Gasteiger partial charge in [-0.05, 0) is 38.0 Å². The molecule has 1 aliphatic heterocycles. The summed E-state index contributed by atoms with van der Waals surface area (Å²) in [5.41, 5.74) is 11.7. The van der Waals surface area contributed by atoms with Crippen molar-refractivity contribution >= 4 is 22.9 Å². The molecule has 0 spiro atoms. The van der Waals surface area contributed by atoms with E-state index in [1.54, 1.807) is 0 Å². The number of para-hydroxylation sites is 2. The Kier molecular flexibility index (Phi) is 3.56. The molecule has 0 unspecified atom stereocenters. The number of aliphatic imine (C=N–C) groups is 1. The van der Waals surface area contributed by atoms with Crippen LogP contribution in [0.5, 0.6) is 0 Å². The fourth-order valence-corrected chi connectivity index (χ4v) is 3.66. The number of nitrogens with zero attached hydrogens (tertiary/aromatic N) is 4. The zero-order valence-electron chi connectivity index (χ0n) is 15.1. The quantitative estimate of drug-likeness (QED) is 0.770. The number of hydrogen-bond acceptors (Lipinski definition) is 4. The van der Waals surface area contributed by atoms with E-state index >= 15 is 0 Å². The molecule has 0 fully saturated rings. The van der Waals surface area contributed by atoms with Crippen molar-refractivity contribution in [3.63, 3.8) is 0 Å². The molecule has 3 N–H and O–H groups in total. The first-order valence-corrected chi connectivity index (χ1v) is 8.69. The van der Waals surface area contributed by atoms with Crippen molar-refractivity contribution < 1.29 is 0 Å². The Hall–Kier alpha value is -2.76. The normalized spacial score (nSPS) is 16.8. The van der Waals surface area contributed by atoms with E-state index in [9.17, 15) is 0 Å². The molecule has 2 aromatic heterocycles. The summed E-state index contributed by atoms with van der Waals surface area (Å²) < 4.78 is 4.50. The lowest BCUT2D eigenvalue weighted by molar-refractivity contribution is 0.505. The zero-order chi connectivity index (χ0) is 17.7. The van der Waals surface area contributed by atoms with Gasteiger partial charge >= 0.3 is 0 Å². The van der Waals surface area contributed by atoms with Crippen LogP contribution in [0.1, 0.15) is 37.0 Å². The number of fused-ring (bicyclic) bond motifs is 3. The Labute approximate surface area is 147 Å². The molecule has 130 valence electrons. The Balaban J connectivity index is 1.90. The molecule has 6 nitrogen and oxygen atoms in total. The second-order valence-electron chi connectivity index (χ2n) is 7.14. The first-order valence-electron chi connectivity index (χ1n) is 8.69. The van der Waals surface area contributed by atoms with Gasteiger partial charge in [-0.15, -0.1) is 0 Å². The van der Waals surface area contributed by atoms with Gasteiger partial charge < -0.3 is 10.3 Å². The highest BCUT2D eigenvalue weighted by Crippen LogP contribution is 2.35. The minimum Gasteiger partial charge on any atom is -0.370 e. The second-order valence-corrected chi connectivity index (χ2v) is 7.14. The summed E-state index contributed by atoms with van der Waals surface area (Å²) in [5, 5.41) is 3.09. The average molecular weight is 336 g/mol. The van der Waals surface area contributed by atoms with Crippen LogP contribution in [-0.4, -0.2) is 20.1 Å². The van der Waals surface area contributed by atoms with Crippen molar-refractivity contribution in [2.24, 2.45) is 16.6 Å². The van der Waals surface area contributed by atoms with E-state index in [0.717, 1.165) is 23.5 Å². The van der Waals surface area contributed by atoms with Crippen molar-refractivity contribution in [1.82, 2.24) is 14.1 Å². The third-order valence-electron chi connectivity index (χ3n) is 4.78. The maximum absolute atomic E-state index is 6.05. The van der Waals surface area contributed by atoms with E-state index in [0.29, 0.717) is 11.9 Å². The monoisotopic (exact) mass is 336 g/mol. The van der Waals surface area contributed by atoms with Gasteiger partial charge in [-0.2, -0.15) is 0 Å². The number of benzene rings is 1. The van der Waals surface area contributed by atoms with E-state index in [2.05, 4.69) is 59.3 Å². The number of aromatic nitrogens is 3. The number of nitrogens with two attached hydrogens (primary N) is 1. The first-order chi connectivity index (χ1) is 12.0. The van der Waals surface area contributed by atoms with Crippen molar-refractivity contribution in [3.8, 4) is 0 Å². The average Bonchev–Trinajstić information content (AvgIpc) is 3.05.